The molecule has 0 N–H and O–H groups in total. The van der Waals surface area contributed by atoms with Crippen molar-refractivity contribution in [2.45, 2.75) is 50.1 Å². The molecule has 0 radical (unpaired) electrons. The molecule has 1 aromatic heterocycles. The molecule has 1 aliphatic carbocycles. The van der Waals surface area contributed by atoms with E-state index in [1.54, 1.807) is 30.3 Å². The van der Waals surface area contributed by atoms with Crippen molar-refractivity contribution >= 4 is 33.3 Å². The van der Waals surface area contributed by atoms with E-state index in [-0.39, 0.29) is 34.8 Å². The number of ether oxygens (including phenoxy) is 1. The molecule has 0 aliphatic heterocycles. The molecule has 1 heterocycles. The molecule has 184 valence electrons. The molecule has 3 aromatic rings. The highest BCUT2D eigenvalue weighted by Gasteiger charge is 2.33. The maximum Gasteiger partial charge on any atom is 0.340 e. The molecular weight excluding hydrogens is 486 g/mol. The summed E-state index contributed by atoms with van der Waals surface area (Å²) in [6.07, 6.45) is 3.52. The van der Waals surface area contributed by atoms with Gasteiger partial charge in [0.15, 0.2) is 0 Å². The average molecular weight is 514 g/mol. The Kier molecular flexibility index (Phi) is 7.87. The number of carbonyl (C=O) groups is 2. The van der Waals surface area contributed by atoms with Gasteiger partial charge in [0.25, 0.3) is 5.91 Å². The number of unbranched alkanes of at least 4 members (excludes halogenated alkanes) is 1. The molecule has 0 saturated heterocycles. The predicted octanol–water partition coefficient (Wildman–Crippen LogP) is 5.28. The minimum atomic E-state index is -4.27. The van der Waals surface area contributed by atoms with Crippen molar-refractivity contribution in [2.24, 2.45) is 0 Å². The van der Waals surface area contributed by atoms with Crippen LogP contribution in [0.5, 0.6) is 5.75 Å². The molecule has 1 aliphatic rings. The number of esters is 1. The van der Waals surface area contributed by atoms with Crippen LogP contribution >= 0.6 is 11.3 Å². The summed E-state index contributed by atoms with van der Waals surface area (Å²) < 4.78 is 36.4. The molecule has 1 amide bonds. The van der Waals surface area contributed by atoms with Crippen LogP contribution < -0.4 is 4.18 Å². The van der Waals surface area contributed by atoms with E-state index in [1.807, 2.05) is 29.3 Å². The molecule has 0 unspecified atom stereocenters. The Balaban J connectivity index is 1.46. The summed E-state index contributed by atoms with van der Waals surface area (Å²) in [5.41, 5.74) is 0.804. The first-order valence-electron chi connectivity index (χ1n) is 11.5. The topological polar surface area (TPSA) is 90.0 Å². The van der Waals surface area contributed by atoms with Crippen LogP contribution in [0, 0.1) is 0 Å². The molecular formula is C26H27NO6S2. The largest absolute Gasteiger partial charge is 0.462 e. The summed E-state index contributed by atoms with van der Waals surface area (Å²) in [4.78, 5) is 27.6. The molecule has 1 saturated carbocycles. The van der Waals surface area contributed by atoms with Gasteiger partial charge >= 0.3 is 16.1 Å². The van der Waals surface area contributed by atoms with Crippen LogP contribution in [0.4, 0.5) is 0 Å². The number of rotatable bonds is 11. The minimum absolute atomic E-state index is 0.00725. The Labute approximate surface area is 209 Å². The first kappa shape index (κ1) is 24.9. The van der Waals surface area contributed by atoms with Gasteiger partial charge in [0, 0.05) is 12.6 Å². The van der Waals surface area contributed by atoms with Gasteiger partial charge in [-0.05, 0) is 60.5 Å². The monoisotopic (exact) mass is 513 g/mol. The number of thiophene rings is 1. The van der Waals surface area contributed by atoms with E-state index >= 15 is 0 Å². The quantitative estimate of drug-likeness (QED) is 0.197. The van der Waals surface area contributed by atoms with Crippen LogP contribution in [0.15, 0.2) is 70.9 Å². The van der Waals surface area contributed by atoms with Crippen molar-refractivity contribution in [2.75, 3.05) is 6.61 Å². The maximum atomic E-state index is 13.0. The SMILES string of the molecule is CCCCOC(=O)c1ccccc1S(=O)(=O)Oc1ccc(CN(C(=O)c2cccs2)C2CC2)cc1. The van der Waals surface area contributed by atoms with Crippen LogP contribution in [0.2, 0.25) is 0 Å². The number of hydrogen-bond donors (Lipinski definition) is 0. The van der Waals surface area contributed by atoms with Crippen LogP contribution in [0.25, 0.3) is 0 Å². The highest BCUT2D eigenvalue weighted by molar-refractivity contribution is 7.87. The zero-order valence-corrected chi connectivity index (χ0v) is 21.0. The summed E-state index contributed by atoms with van der Waals surface area (Å²) >= 11 is 1.42. The highest BCUT2D eigenvalue weighted by Crippen LogP contribution is 2.31. The summed E-state index contributed by atoms with van der Waals surface area (Å²) in [7, 11) is -4.27. The van der Waals surface area contributed by atoms with E-state index in [0.717, 1.165) is 24.8 Å². The highest BCUT2D eigenvalue weighted by atomic mass is 32.2. The van der Waals surface area contributed by atoms with Crippen molar-refractivity contribution in [1.29, 1.82) is 0 Å². The van der Waals surface area contributed by atoms with Crippen molar-refractivity contribution in [1.82, 2.24) is 4.90 Å². The first-order valence-corrected chi connectivity index (χ1v) is 13.8. The minimum Gasteiger partial charge on any atom is -0.462 e. The lowest BCUT2D eigenvalue weighted by Crippen LogP contribution is -2.32. The smallest absolute Gasteiger partial charge is 0.340 e. The molecule has 0 bridgehead atoms. The van der Waals surface area contributed by atoms with E-state index < -0.39 is 16.1 Å². The molecule has 0 spiro atoms. The van der Waals surface area contributed by atoms with Crippen LogP contribution in [0.1, 0.15) is 58.2 Å². The standard InChI is InChI=1S/C26H27NO6S2/c1-2-3-16-32-26(29)22-7-4-5-9-24(22)35(30,31)33-21-14-10-19(11-15-21)18-27(20-12-13-20)25(28)23-8-6-17-34-23/h4-11,14-15,17,20H,2-3,12-13,16,18H2,1H3. The third-order valence-corrected chi connectivity index (χ3v) is 7.73. The van der Waals surface area contributed by atoms with Crippen molar-refractivity contribution in [3.8, 4) is 5.75 Å². The van der Waals surface area contributed by atoms with Gasteiger partial charge in [-0.15, -0.1) is 11.3 Å². The fraction of sp³-hybridized carbons (Fsp3) is 0.308. The van der Waals surface area contributed by atoms with Gasteiger partial charge in [0.2, 0.25) is 0 Å². The summed E-state index contributed by atoms with van der Waals surface area (Å²) in [5.74, 6) is -0.578. The summed E-state index contributed by atoms with van der Waals surface area (Å²) in [6, 6.07) is 16.3. The van der Waals surface area contributed by atoms with Gasteiger partial charge < -0.3 is 13.8 Å². The molecule has 7 nitrogen and oxygen atoms in total. The van der Waals surface area contributed by atoms with Crippen LogP contribution in [-0.4, -0.2) is 37.8 Å². The van der Waals surface area contributed by atoms with Crippen molar-refractivity contribution in [3.05, 3.63) is 82.0 Å². The fourth-order valence-corrected chi connectivity index (χ4v) is 5.35. The average Bonchev–Trinajstić information content (AvgIpc) is 3.55. The van der Waals surface area contributed by atoms with Gasteiger partial charge in [-0.2, -0.15) is 8.42 Å². The van der Waals surface area contributed by atoms with E-state index in [4.69, 9.17) is 8.92 Å². The normalized spacial score (nSPS) is 13.3. The number of carbonyl (C=O) groups excluding carboxylic acids is 2. The molecule has 9 heteroatoms. The van der Waals surface area contributed by atoms with E-state index in [2.05, 4.69) is 0 Å². The Morgan fingerprint density at radius 3 is 2.43 bits per heavy atom. The van der Waals surface area contributed by atoms with Crippen LogP contribution in [-0.2, 0) is 21.4 Å². The lowest BCUT2D eigenvalue weighted by Gasteiger charge is -2.22. The number of benzene rings is 2. The Morgan fingerprint density at radius 1 is 1.03 bits per heavy atom. The predicted molar refractivity (Wildman–Crippen MR) is 133 cm³/mol. The molecule has 2 aromatic carbocycles. The first-order chi connectivity index (χ1) is 16.9. The summed E-state index contributed by atoms with van der Waals surface area (Å²) in [6.45, 7) is 2.62. The molecule has 35 heavy (non-hydrogen) atoms. The van der Waals surface area contributed by atoms with Gasteiger partial charge in [-0.25, -0.2) is 4.79 Å². The van der Waals surface area contributed by atoms with Gasteiger partial charge in [-0.3, -0.25) is 4.79 Å². The Bertz CT molecular complexity index is 1270. The number of nitrogens with zero attached hydrogens (tertiary/aromatic N) is 1. The Hall–Kier alpha value is -3.17. The second-order valence-corrected chi connectivity index (χ2v) is 10.8. The number of hydrogen-bond acceptors (Lipinski definition) is 7. The van der Waals surface area contributed by atoms with Crippen molar-refractivity contribution in [3.63, 3.8) is 0 Å². The lowest BCUT2D eigenvalue weighted by molar-refractivity contribution is 0.0494. The lowest BCUT2D eigenvalue weighted by atomic mass is 10.2. The summed E-state index contributed by atoms with van der Waals surface area (Å²) in [5, 5.41) is 1.88. The second-order valence-electron chi connectivity index (χ2n) is 8.31. The third-order valence-electron chi connectivity index (χ3n) is 5.57. The van der Waals surface area contributed by atoms with E-state index in [9.17, 15) is 18.0 Å². The number of amides is 1. The molecule has 1 fully saturated rings. The zero-order chi connectivity index (χ0) is 24.8. The van der Waals surface area contributed by atoms with Crippen LogP contribution in [0.3, 0.4) is 0 Å². The van der Waals surface area contributed by atoms with Crippen molar-refractivity contribution < 1.29 is 26.9 Å². The third kappa shape index (κ3) is 6.29. The second kappa shape index (κ2) is 11.0. The van der Waals surface area contributed by atoms with Gasteiger partial charge in [-0.1, -0.05) is 43.7 Å². The maximum absolute atomic E-state index is 13.0. The Morgan fingerprint density at radius 2 is 1.77 bits per heavy atom. The van der Waals surface area contributed by atoms with E-state index in [1.165, 1.54) is 29.5 Å². The fourth-order valence-electron chi connectivity index (χ4n) is 3.55. The van der Waals surface area contributed by atoms with E-state index in [0.29, 0.717) is 17.8 Å². The zero-order valence-electron chi connectivity index (χ0n) is 19.4. The molecule has 4 rings (SSSR count). The van der Waals surface area contributed by atoms with Gasteiger partial charge in [0.05, 0.1) is 17.0 Å². The molecule has 0 atom stereocenters. The van der Waals surface area contributed by atoms with Gasteiger partial charge in [0.1, 0.15) is 10.6 Å².